The molecule has 6 nitrogen and oxygen atoms in total. The highest BCUT2D eigenvalue weighted by Gasteiger charge is 2.50. The zero-order chi connectivity index (χ0) is 20.6. The Labute approximate surface area is 170 Å². The number of halogens is 1. The number of aromatic nitrogens is 1. The first-order chi connectivity index (χ1) is 13.9. The molecule has 2 aromatic rings. The molecule has 152 valence electrons. The van der Waals surface area contributed by atoms with Crippen LogP contribution in [-0.2, 0) is 5.54 Å². The highest BCUT2D eigenvalue weighted by Crippen LogP contribution is 2.46. The van der Waals surface area contributed by atoms with Crippen LogP contribution in [0, 0.1) is 17.1 Å². The zero-order valence-corrected chi connectivity index (χ0v) is 16.8. The van der Waals surface area contributed by atoms with Gasteiger partial charge in [0.25, 0.3) is 0 Å². The molecule has 1 aromatic carbocycles. The van der Waals surface area contributed by atoms with E-state index in [1.165, 1.54) is 11.8 Å². The lowest BCUT2D eigenvalue weighted by atomic mass is 9.69. The molecule has 2 heterocycles. The van der Waals surface area contributed by atoms with Gasteiger partial charge in [-0.25, -0.2) is 9.37 Å². The minimum Gasteiger partial charge on any atom is -0.361 e. The first kappa shape index (κ1) is 19.8. The Kier molecular flexibility index (Phi) is 5.03. The molecule has 29 heavy (non-hydrogen) atoms. The van der Waals surface area contributed by atoms with E-state index in [2.05, 4.69) is 53.6 Å². The third-order valence-corrected chi connectivity index (χ3v) is 6.63. The van der Waals surface area contributed by atoms with Crippen LogP contribution in [0.2, 0.25) is 0 Å². The molecule has 1 aromatic heterocycles. The van der Waals surface area contributed by atoms with E-state index in [-0.39, 0.29) is 22.5 Å². The molecule has 2 aliphatic rings. The number of nitriles is 1. The van der Waals surface area contributed by atoms with Crippen LogP contribution in [0.25, 0.3) is 0 Å². The van der Waals surface area contributed by atoms with Crippen LogP contribution in [0.15, 0.2) is 42.6 Å². The number of nitrogens with zero attached hydrogens (tertiary/aromatic N) is 4. The van der Waals surface area contributed by atoms with Crippen molar-refractivity contribution >= 4 is 5.82 Å². The van der Waals surface area contributed by atoms with Gasteiger partial charge in [-0.05, 0) is 51.4 Å². The summed E-state index contributed by atoms with van der Waals surface area (Å²) in [5.74, 6) is -0.516. The third kappa shape index (κ3) is 3.38. The SMILES string of the molecule is CN(C)C1(c2ccccc2)CCC2(CC1)CN(c1ncc(C#N)cc1F)C(O)N2. The summed E-state index contributed by atoms with van der Waals surface area (Å²) in [5.41, 5.74) is 1.12. The van der Waals surface area contributed by atoms with Crippen molar-refractivity contribution < 1.29 is 9.50 Å². The Hall–Kier alpha value is -2.53. The van der Waals surface area contributed by atoms with Gasteiger partial charge >= 0.3 is 0 Å². The number of aliphatic hydroxyl groups is 1. The lowest BCUT2D eigenvalue weighted by Gasteiger charge is -2.49. The van der Waals surface area contributed by atoms with Gasteiger partial charge in [-0.1, -0.05) is 30.3 Å². The second-order valence-corrected chi connectivity index (χ2v) is 8.36. The van der Waals surface area contributed by atoms with Gasteiger partial charge in [0.15, 0.2) is 18.0 Å². The highest BCUT2D eigenvalue weighted by molar-refractivity contribution is 5.46. The van der Waals surface area contributed by atoms with Crippen LogP contribution in [0.4, 0.5) is 10.2 Å². The van der Waals surface area contributed by atoms with Crippen molar-refractivity contribution in [3.05, 3.63) is 59.5 Å². The molecule has 1 atom stereocenters. The lowest BCUT2D eigenvalue weighted by Crippen LogP contribution is -2.54. The van der Waals surface area contributed by atoms with Gasteiger partial charge in [-0.3, -0.25) is 10.2 Å². The van der Waals surface area contributed by atoms with Gasteiger partial charge in [-0.15, -0.1) is 0 Å². The van der Waals surface area contributed by atoms with Gasteiger partial charge in [0.2, 0.25) is 0 Å². The van der Waals surface area contributed by atoms with Crippen LogP contribution in [0.1, 0.15) is 36.8 Å². The van der Waals surface area contributed by atoms with Crippen molar-refractivity contribution in [2.45, 2.75) is 43.1 Å². The summed E-state index contributed by atoms with van der Waals surface area (Å²) in [7, 11) is 4.23. The molecule has 1 aliphatic carbocycles. The molecule has 0 radical (unpaired) electrons. The van der Waals surface area contributed by atoms with Gasteiger partial charge in [0, 0.05) is 23.8 Å². The van der Waals surface area contributed by atoms with Crippen molar-refractivity contribution in [3.63, 3.8) is 0 Å². The molecule has 1 aliphatic heterocycles. The van der Waals surface area contributed by atoms with E-state index in [4.69, 9.17) is 5.26 Å². The number of rotatable bonds is 3. The second kappa shape index (κ2) is 7.38. The van der Waals surface area contributed by atoms with Crippen molar-refractivity contribution in [1.82, 2.24) is 15.2 Å². The van der Waals surface area contributed by atoms with Crippen molar-refractivity contribution in [2.75, 3.05) is 25.5 Å². The monoisotopic (exact) mass is 395 g/mol. The molecule has 1 saturated carbocycles. The Morgan fingerprint density at radius 1 is 1.24 bits per heavy atom. The summed E-state index contributed by atoms with van der Waals surface area (Å²) >= 11 is 0. The summed E-state index contributed by atoms with van der Waals surface area (Å²) in [6.07, 6.45) is 3.90. The largest absolute Gasteiger partial charge is 0.361 e. The highest BCUT2D eigenvalue weighted by atomic mass is 19.1. The molecule has 1 spiro atoms. The smallest absolute Gasteiger partial charge is 0.185 e. The van der Waals surface area contributed by atoms with Crippen LogP contribution in [-0.4, -0.2) is 47.5 Å². The summed E-state index contributed by atoms with van der Waals surface area (Å²) < 4.78 is 14.5. The Morgan fingerprint density at radius 3 is 2.52 bits per heavy atom. The van der Waals surface area contributed by atoms with Gasteiger partial charge < -0.3 is 10.0 Å². The Balaban J connectivity index is 1.55. The fourth-order valence-electron chi connectivity index (χ4n) is 4.89. The Morgan fingerprint density at radius 2 is 1.93 bits per heavy atom. The van der Waals surface area contributed by atoms with Gasteiger partial charge in [-0.2, -0.15) is 5.26 Å². The number of hydrogen-bond acceptors (Lipinski definition) is 6. The Bertz CT molecular complexity index is 919. The molecular weight excluding hydrogens is 369 g/mol. The quantitative estimate of drug-likeness (QED) is 0.832. The van der Waals surface area contributed by atoms with Crippen molar-refractivity contribution in [1.29, 1.82) is 5.26 Å². The summed E-state index contributed by atoms with van der Waals surface area (Å²) in [6, 6.07) is 13.6. The van der Waals surface area contributed by atoms with E-state index >= 15 is 0 Å². The topological polar surface area (TPSA) is 75.4 Å². The van der Waals surface area contributed by atoms with Gasteiger partial charge in [0.1, 0.15) is 6.07 Å². The number of aliphatic hydroxyl groups excluding tert-OH is 1. The zero-order valence-electron chi connectivity index (χ0n) is 16.8. The molecule has 0 bridgehead atoms. The van der Waals surface area contributed by atoms with Crippen LogP contribution in [0.5, 0.6) is 0 Å². The fourth-order valence-corrected chi connectivity index (χ4v) is 4.89. The summed E-state index contributed by atoms with van der Waals surface area (Å²) in [6.45, 7) is 0.474. The molecule has 7 heteroatoms. The van der Waals surface area contributed by atoms with E-state index in [0.29, 0.717) is 6.54 Å². The molecule has 1 unspecified atom stereocenters. The van der Waals surface area contributed by atoms with Gasteiger partial charge in [0.05, 0.1) is 5.56 Å². The number of pyridine rings is 1. The lowest BCUT2D eigenvalue weighted by molar-refractivity contribution is 0.0513. The molecule has 2 N–H and O–H groups in total. The van der Waals surface area contributed by atoms with Crippen LogP contribution in [0.3, 0.4) is 0 Å². The molecule has 1 saturated heterocycles. The maximum atomic E-state index is 14.5. The first-order valence-electron chi connectivity index (χ1n) is 9.90. The van der Waals surface area contributed by atoms with Crippen molar-refractivity contribution in [2.24, 2.45) is 0 Å². The molecular formula is C22H26FN5O. The second-order valence-electron chi connectivity index (χ2n) is 8.36. The predicted octanol–water partition coefficient (Wildman–Crippen LogP) is 2.55. The van der Waals surface area contributed by atoms with E-state index in [0.717, 1.165) is 31.7 Å². The van der Waals surface area contributed by atoms with E-state index in [1.807, 2.05) is 12.1 Å². The van der Waals surface area contributed by atoms with E-state index in [9.17, 15) is 9.50 Å². The van der Waals surface area contributed by atoms with Crippen LogP contribution < -0.4 is 10.2 Å². The molecule has 4 rings (SSSR count). The number of anilines is 1. The third-order valence-electron chi connectivity index (χ3n) is 6.63. The maximum Gasteiger partial charge on any atom is 0.185 e. The average molecular weight is 395 g/mol. The average Bonchev–Trinajstić information content (AvgIpc) is 3.04. The number of hydrogen-bond donors (Lipinski definition) is 2. The first-order valence-corrected chi connectivity index (χ1v) is 9.90. The van der Waals surface area contributed by atoms with E-state index < -0.39 is 12.2 Å². The molecule has 2 fully saturated rings. The minimum atomic E-state index is -1.01. The fraction of sp³-hybridized carbons (Fsp3) is 0.455. The van der Waals surface area contributed by atoms with E-state index in [1.54, 1.807) is 4.90 Å². The maximum absolute atomic E-state index is 14.5. The summed E-state index contributed by atoms with van der Waals surface area (Å²) in [5, 5.41) is 22.8. The molecule has 0 amide bonds. The number of nitrogens with one attached hydrogen (secondary N) is 1. The summed E-state index contributed by atoms with van der Waals surface area (Å²) in [4.78, 5) is 7.93. The number of benzene rings is 1. The standard InChI is InChI=1S/C22H26FN5O/c1-27(2)22(17-6-4-3-5-7-17)10-8-21(9-11-22)15-28(20(29)26-21)19-18(23)12-16(13-24)14-25-19/h3-7,12,14,20,26,29H,8-11,15H2,1-2H3. The van der Waals surface area contributed by atoms with Crippen molar-refractivity contribution in [3.8, 4) is 6.07 Å². The predicted molar refractivity (Wildman–Crippen MR) is 108 cm³/mol. The minimum absolute atomic E-state index is 0.0511. The normalized spacial score (nSPS) is 29.4. The van der Waals surface area contributed by atoms with Crippen LogP contribution >= 0.6 is 0 Å².